The average Bonchev–Trinajstić information content (AvgIpc) is 2.71. The van der Waals surface area contributed by atoms with Crippen LogP contribution in [0.5, 0.6) is 5.88 Å². The molecule has 178 valence electrons. The summed E-state index contributed by atoms with van der Waals surface area (Å²) < 4.78 is 73.0. The Labute approximate surface area is 191 Å². The van der Waals surface area contributed by atoms with Crippen molar-refractivity contribution in [1.29, 1.82) is 0 Å². The molecule has 0 bridgehead atoms. The van der Waals surface area contributed by atoms with Crippen LogP contribution in [0.15, 0.2) is 57.0 Å². The van der Waals surface area contributed by atoms with Crippen LogP contribution in [-0.2, 0) is 14.9 Å². The van der Waals surface area contributed by atoms with Gasteiger partial charge in [0.05, 0.1) is 16.9 Å². The Balaban J connectivity index is 2.08. The van der Waals surface area contributed by atoms with E-state index in [1.807, 2.05) is 0 Å². The molecule has 1 aliphatic heterocycles. The number of carbonyl (C=O) groups excluding carboxylic acids is 1. The van der Waals surface area contributed by atoms with E-state index < -0.39 is 33.2 Å². The van der Waals surface area contributed by atoms with Gasteiger partial charge in [-0.15, -0.1) is 0 Å². The summed E-state index contributed by atoms with van der Waals surface area (Å²) in [6, 6.07) is 7.26. The number of anilines is 1. The van der Waals surface area contributed by atoms with E-state index in [0.29, 0.717) is 5.70 Å². The zero-order valence-electron chi connectivity index (χ0n) is 18.0. The van der Waals surface area contributed by atoms with E-state index in [2.05, 4.69) is 14.5 Å². The highest BCUT2D eigenvalue weighted by molar-refractivity contribution is 7.87. The van der Waals surface area contributed by atoms with E-state index >= 15 is 0 Å². The number of para-hydroxylation sites is 1. The molecule has 3 heterocycles. The van der Waals surface area contributed by atoms with E-state index in [4.69, 9.17) is 4.42 Å². The minimum atomic E-state index is -6.06. The first-order valence-corrected chi connectivity index (χ1v) is 11.2. The molecule has 12 heteroatoms. The van der Waals surface area contributed by atoms with E-state index in [9.17, 15) is 31.2 Å². The molecular formula is C22H17F3N2O6S. The number of carbonyl (C=O) groups is 1. The number of allylic oxidation sites excluding steroid dienone is 2. The van der Waals surface area contributed by atoms with Gasteiger partial charge in [0.15, 0.2) is 11.2 Å². The summed E-state index contributed by atoms with van der Waals surface area (Å²) in [6.45, 7) is 4.40. The van der Waals surface area contributed by atoms with Gasteiger partial charge in [-0.1, -0.05) is 12.1 Å². The maximum Gasteiger partial charge on any atom is 0.534 e. The van der Waals surface area contributed by atoms with Gasteiger partial charge in [-0.25, -0.2) is 4.98 Å². The number of nitrogens with one attached hydrogen (secondary N) is 1. The second-order valence-electron chi connectivity index (χ2n) is 7.66. The summed E-state index contributed by atoms with van der Waals surface area (Å²) in [6.07, 6.45) is 1.07. The molecule has 34 heavy (non-hydrogen) atoms. The molecule has 0 spiro atoms. The molecule has 1 unspecified atom stereocenters. The quantitative estimate of drug-likeness (QED) is 0.425. The molecule has 0 amide bonds. The Hall–Kier alpha value is -3.67. The fourth-order valence-electron chi connectivity index (χ4n) is 4.01. The minimum Gasteiger partial charge on any atom is -0.461 e. The number of nitrogens with zero attached hydrogens (tertiary/aromatic N) is 1. The Morgan fingerprint density at radius 1 is 1.21 bits per heavy atom. The van der Waals surface area contributed by atoms with Gasteiger partial charge < -0.3 is 13.9 Å². The number of rotatable bonds is 4. The molecule has 4 rings (SSSR count). The Kier molecular flexibility index (Phi) is 5.51. The number of hydrogen-bond donors (Lipinski definition) is 1. The molecule has 0 saturated heterocycles. The zero-order chi connectivity index (χ0) is 25.0. The molecule has 8 nitrogen and oxygen atoms in total. The van der Waals surface area contributed by atoms with Crippen molar-refractivity contribution in [2.75, 3.05) is 5.32 Å². The normalized spacial score (nSPS) is 16.2. The van der Waals surface area contributed by atoms with Gasteiger partial charge >= 0.3 is 15.6 Å². The van der Waals surface area contributed by atoms with Gasteiger partial charge in [-0.2, -0.15) is 21.6 Å². The van der Waals surface area contributed by atoms with Crippen molar-refractivity contribution in [3.05, 3.63) is 74.9 Å². The van der Waals surface area contributed by atoms with Gasteiger partial charge in [-0.3, -0.25) is 9.59 Å². The third kappa shape index (κ3) is 3.83. The maximum atomic E-state index is 13.1. The molecule has 2 aromatic heterocycles. The smallest absolute Gasteiger partial charge is 0.461 e. The number of benzene rings is 1. The van der Waals surface area contributed by atoms with Crippen LogP contribution in [0.1, 0.15) is 36.7 Å². The number of Topliss-reactive ketones (excluding diaryl/α,β-unsaturated/α-hetero) is 1. The van der Waals surface area contributed by atoms with Crippen LogP contribution in [0, 0.1) is 6.92 Å². The van der Waals surface area contributed by atoms with Crippen LogP contribution in [0.4, 0.5) is 18.9 Å². The zero-order valence-corrected chi connectivity index (χ0v) is 18.8. The number of aromatic nitrogens is 1. The summed E-state index contributed by atoms with van der Waals surface area (Å²) in [5.41, 5.74) is -5.14. The molecule has 1 aliphatic rings. The van der Waals surface area contributed by atoms with Gasteiger partial charge in [0.2, 0.25) is 5.88 Å². The monoisotopic (exact) mass is 494 g/mol. The van der Waals surface area contributed by atoms with E-state index in [1.54, 1.807) is 13.8 Å². The van der Waals surface area contributed by atoms with Crippen molar-refractivity contribution in [1.82, 2.24) is 4.98 Å². The molecule has 1 atom stereocenters. The first kappa shape index (κ1) is 23.5. The molecule has 1 N–H and O–H groups in total. The lowest BCUT2D eigenvalue weighted by atomic mass is 9.79. The molecule has 0 fully saturated rings. The van der Waals surface area contributed by atoms with E-state index in [-0.39, 0.29) is 44.5 Å². The number of pyridine rings is 1. The van der Waals surface area contributed by atoms with E-state index in [1.165, 1.54) is 37.3 Å². The van der Waals surface area contributed by atoms with Gasteiger partial charge in [0, 0.05) is 34.8 Å². The van der Waals surface area contributed by atoms with Crippen molar-refractivity contribution >= 4 is 32.6 Å². The predicted octanol–water partition coefficient (Wildman–Crippen LogP) is 4.15. The molecule has 0 aliphatic carbocycles. The average molecular weight is 494 g/mol. The van der Waals surface area contributed by atoms with Crippen LogP contribution in [-0.4, -0.2) is 24.7 Å². The van der Waals surface area contributed by atoms with Gasteiger partial charge in [0.25, 0.3) is 0 Å². The summed E-state index contributed by atoms with van der Waals surface area (Å²) in [4.78, 5) is 28.9. The van der Waals surface area contributed by atoms with Crippen molar-refractivity contribution < 1.29 is 35.0 Å². The van der Waals surface area contributed by atoms with Crippen molar-refractivity contribution in [2.24, 2.45) is 0 Å². The number of fused-ring (bicyclic) bond motifs is 2. The summed E-state index contributed by atoms with van der Waals surface area (Å²) in [5, 5.41) is 3.08. The van der Waals surface area contributed by atoms with E-state index in [0.717, 1.165) is 6.20 Å². The largest absolute Gasteiger partial charge is 0.534 e. The topological polar surface area (TPSA) is 116 Å². The molecule has 3 aromatic rings. The fraction of sp³-hybridized carbons (Fsp3) is 0.227. The van der Waals surface area contributed by atoms with Gasteiger partial charge in [-0.05, 0) is 32.9 Å². The van der Waals surface area contributed by atoms with Crippen LogP contribution >= 0.6 is 0 Å². The first-order valence-electron chi connectivity index (χ1n) is 9.83. The molecule has 1 aromatic carbocycles. The summed E-state index contributed by atoms with van der Waals surface area (Å²) >= 11 is 0. The maximum absolute atomic E-state index is 13.1. The molecular weight excluding hydrogens is 477 g/mol. The van der Waals surface area contributed by atoms with Crippen LogP contribution in [0.25, 0.3) is 11.0 Å². The number of hydrogen-bond acceptors (Lipinski definition) is 8. The van der Waals surface area contributed by atoms with Crippen molar-refractivity contribution in [2.45, 2.75) is 32.2 Å². The highest BCUT2D eigenvalue weighted by Crippen LogP contribution is 2.47. The number of halogens is 3. The standard InChI is InChI=1S/C22H17F3N2O6S/c1-10-9-16(29)13-5-4-6-14(20(13)32-10)18-17(12(3)28)11(2)27-15-7-8-26-21(19(15)18)33-34(30,31)22(23,24)25/h4-9,18,27H,1-3H3. The molecule has 0 radical (unpaired) electrons. The second kappa shape index (κ2) is 7.97. The summed E-state index contributed by atoms with van der Waals surface area (Å²) in [5.74, 6) is -2.17. The number of ketones is 1. The lowest BCUT2D eigenvalue weighted by Gasteiger charge is -2.31. The number of alkyl halides is 3. The Morgan fingerprint density at radius 2 is 1.91 bits per heavy atom. The van der Waals surface area contributed by atoms with Crippen LogP contribution in [0.3, 0.4) is 0 Å². The summed E-state index contributed by atoms with van der Waals surface area (Å²) in [7, 11) is -6.06. The lowest BCUT2D eigenvalue weighted by Crippen LogP contribution is -2.30. The van der Waals surface area contributed by atoms with Gasteiger partial charge in [0.1, 0.15) is 11.3 Å². The van der Waals surface area contributed by atoms with Crippen molar-refractivity contribution in [3.63, 3.8) is 0 Å². The predicted molar refractivity (Wildman–Crippen MR) is 116 cm³/mol. The second-order valence-corrected chi connectivity index (χ2v) is 9.20. The highest BCUT2D eigenvalue weighted by Gasteiger charge is 2.50. The van der Waals surface area contributed by atoms with Crippen LogP contribution < -0.4 is 14.9 Å². The Morgan fingerprint density at radius 3 is 2.56 bits per heavy atom. The SMILES string of the molecule is CC(=O)C1=C(C)Nc2ccnc(OS(=O)(=O)C(F)(F)F)c2C1c1cccc2c(=O)cc(C)oc12. The first-order chi connectivity index (χ1) is 15.8. The third-order valence-corrected chi connectivity index (χ3v) is 6.27. The minimum absolute atomic E-state index is 0.102. The van der Waals surface area contributed by atoms with Crippen LogP contribution in [0.2, 0.25) is 0 Å². The third-order valence-electron chi connectivity index (χ3n) is 5.33. The molecule has 0 saturated carbocycles. The number of aryl methyl sites for hydroxylation is 1. The highest BCUT2D eigenvalue weighted by atomic mass is 32.2. The fourth-order valence-corrected chi connectivity index (χ4v) is 4.45. The van der Waals surface area contributed by atoms with Crippen molar-refractivity contribution in [3.8, 4) is 5.88 Å². The Bertz CT molecular complexity index is 1540. The lowest BCUT2D eigenvalue weighted by molar-refractivity contribution is -0.113.